The van der Waals surface area contributed by atoms with E-state index in [0.29, 0.717) is 12.8 Å². The lowest BCUT2D eigenvalue weighted by Crippen LogP contribution is -2.27. The molecule has 0 amide bonds. The highest BCUT2D eigenvalue weighted by atomic mass is 32.2. The summed E-state index contributed by atoms with van der Waals surface area (Å²) in [6.07, 6.45) is -3.58. The van der Waals surface area contributed by atoms with Gasteiger partial charge in [-0.1, -0.05) is 12.1 Å². The topological polar surface area (TPSA) is 70.0 Å². The van der Waals surface area contributed by atoms with Gasteiger partial charge in [-0.05, 0) is 25.0 Å². The zero-order chi connectivity index (χ0) is 15.2. The van der Waals surface area contributed by atoms with Crippen molar-refractivity contribution in [1.29, 1.82) is 5.26 Å². The molecule has 8 heteroatoms. The van der Waals surface area contributed by atoms with Gasteiger partial charge in [-0.15, -0.1) is 0 Å². The Morgan fingerprint density at radius 1 is 1.20 bits per heavy atom. The Balaban J connectivity index is 2.86. The Morgan fingerprint density at radius 3 is 2.45 bits per heavy atom. The van der Waals surface area contributed by atoms with Crippen molar-refractivity contribution in [2.45, 2.75) is 30.3 Å². The smallest absolute Gasteiger partial charge is 0.211 e. The van der Waals surface area contributed by atoms with Gasteiger partial charge in [0.2, 0.25) is 10.0 Å². The van der Waals surface area contributed by atoms with Crippen molar-refractivity contribution in [3.63, 3.8) is 0 Å². The van der Waals surface area contributed by atoms with Gasteiger partial charge in [0.15, 0.2) is 0 Å². The highest BCUT2D eigenvalue weighted by molar-refractivity contribution is 7.89. The largest absolute Gasteiger partial charge is 0.417 e. The van der Waals surface area contributed by atoms with E-state index in [2.05, 4.69) is 4.72 Å². The Kier molecular flexibility index (Phi) is 5.53. The zero-order valence-corrected chi connectivity index (χ0v) is 11.3. The molecule has 0 bridgehead atoms. The van der Waals surface area contributed by atoms with E-state index in [4.69, 9.17) is 5.26 Å². The summed E-state index contributed by atoms with van der Waals surface area (Å²) in [7, 11) is -4.21. The van der Waals surface area contributed by atoms with Gasteiger partial charge in [0, 0.05) is 13.0 Å². The molecule has 20 heavy (non-hydrogen) atoms. The van der Waals surface area contributed by atoms with Gasteiger partial charge in [0.25, 0.3) is 0 Å². The second kappa shape index (κ2) is 6.72. The molecule has 0 heterocycles. The summed E-state index contributed by atoms with van der Waals surface area (Å²) in [5.41, 5.74) is -1.19. The molecule has 0 aliphatic carbocycles. The number of nitrogens with one attached hydrogen (secondary N) is 1. The van der Waals surface area contributed by atoms with Gasteiger partial charge in [-0.3, -0.25) is 0 Å². The van der Waals surface area contributed by atoms with Crippen LogP contribution < -0.4 is 4.72 Å². The average Bonchev–Trinajstić information content (AvgIpc) is 2.37. The van der Waals surface area contributed by atoms with Gasteiger partial charge < -0.3 is 0 Å². The summed E-state index contributed by atoms with van der Waals surface area (Å²) >= 11 is 0. The summed E-state index contributed by atoms with van der Waals surface area (Å²) in [6, 6.07) is 5.91. The first-order valence-electron chi connectivity index (χ1n) is 5.82. The zero-order valence-electron chi connectivity index (χ0n) is 10.4. The van der Waals surface area contributed by atoms with E-state index in [1.54, 1.807) is 0 Å². The van der Waals surface area contributed by atoms with Crippen molar-refractivity contribution in [3.8, 4) is 6.07 Å². The first-order chi connectivity index (χ1) is 9.29. The molecule has 1 N–H and O–H groups in total. The fourth-order valence-corrected chi connectivity index (χ4v) is 2.85. The SMILES string of the molecule is N#CCCCCNS(=O)(=O)c1ccccc1C(F)(F)F. The summed E-state index contributed by atoms with van der Waals surface area (Å²) < 4.78 is 64.0. The van der Waals surface area contributed by atoms with E-state index in [0.717, 1.165) is 18.2 Å². The molecule has 4 nitrogen and oxygen atoms in total. The van der Waals surface area contributed by atoms with Gasteiger partial charge in [-0.2, -0.15) is 18.4 Å². The maximum absolute atomic E-state index is 12.7. The molecular formula is C12H13F3N2O2S. The first kappa shape index (κ1) is 16.5. The van der Waals surface area contributed by atoms with Crippen molar-refractivity contribution < 1.29 is 21.6 Å². The third kappa shape index (κ3) is 4.51. The highest BCUT2D eigenvalue weighted by Gasteiger charge is 2.36. The van der Waals surface area contributed by atoms with E-state index in [9.17, 15) is 21.6 Å². The van der Waals surface area contributed by atoms with Gasteiger partial charge in [-0.25, -0.2) is 13.1 Å². The molecule has 0 unspecified atom stereocenters. The van der Waals surface area contributed by atoms with Crippen molar-refractivity contribution >= 4 is 10.0 Å². The molecule has 0 atom stereocenters. The number of hydrogen-bond donors (Lipinski definition) is 1. The van der Waals surface area contributed by atoms with Crippen LogP contribution in [0, 0.1) is 11.3 Å². The minimum atomic E-state index is -4.73. The molecule has 0 spiro atoms. The molecule has 0 aliphatic heterocycles. The number of rotatable bonds is 6. The number of halogens is 3. The van der Waals surface area contributed by atoms with E-state index >= 15 is 0 Å². The molecule has 0 aliphatic rings. The van der Waals surface area contributed by atoms with Crippen LogP contribution in [0.1, 0.15) is 24.8 Å². The maximum Gasteiger partial charge on any atom is 0.417 e. The average molecular weight is 306 g/mol. The summed E-state index contributed by atoms with van der Waals surface area (Å²) in [6.45, 7) is -0.00377. The molecule has 0 saturated heterocycles. The number of hydrogen-bond acceptors (Lipinski definition) is 3. The molecule has 0 fully saturated rings. The van der Waals surface area contributed by atoms with Crippen LogP contribution in [0.25, 0.3) is 0 Å². The normalized spacial score (nSPS) is 12.1. The van der Waals surface area contributed by atoms with Crippen LogP contribution in [0.5, 0.6) is 0 Å². The molecule has 0 radical (unpaired) electrons. The maximum atomic E-state index is 12.7. The van der Waals surface area contributed by atoms with E-state index in [1.807, 2.05) is 6.07 Å². The Morgan fingerprint density at radius 2 is 1.85 bits per heavy atom. The Hall–Kier alpha value is -1.59. The van der Waals surface area contributed by atoms with E-state index < -0.39 is 26.7 Å². The quantitative estimate of drug-likeness (QED) is 0.821. The monoisotopic (exact) mass is 306 g/mol. The molecule has 1 aromatic carbocycles. The first-order valence-corrected chi connectivity index (χ1v) is 7.30. The molecule has 110 valence electrons. The molecular weight excluding hydrogens is 293 g/mol. The van der Waals surface area contributed by atoms with Gasteiger partial charge in [0.05, 0.1) is 16.5 Å². The minimum absolute atomic E-state index is 0.00377. The molecule has 1 aromatic rings. The van der Waals surface area contributed by atoms with Crippen LogP contribution in [-0.4, -0.2) is 15.0 Å². The van der Waals surface area contributed by atoms with Crippen molar-refractivity contribution in [2.75, 3.05) is 6.54 Å². The van der Waals surface area contributed by atoms with Crippen molar-refractivity contribution in [3.05, 3.63) is 29.8 Å². The molecule has 0 saturated carbocycles. The summed E-state index contributed by atoms with van der Waals surface area (Å²) in [5.74, 6) is 0. The number of unbranched alkanes of at least 4 members (excludes halogenated alkanes) is 2. The number of alkyl halides is 3. The van der Waals surface area contributed by atoms with Crippen molar-refractivity contribution in [2.24, 2.45) is 0 Å². The van der Waals surface area contributed by atoms with Crippen LogP contribution in [-0.2, 0) is 16.2 Å². The third-order valence-corrected chi connectivity index (χ3v) is 4.01. The van der Waals surface area contributed by atoms with Crippen LogP contribution in [0.15, 0.2) is 29.2 Å². The van der Waals surface area contributed by atoms with Crippen LogP contribution >= 0.6 is 0 Å². The number of benzene rings is 1. The summed E-state index contributed by atoms with van der Waals surface area (Å²) in [5, 5.41) is 8.32. The van der Waals surface area contributed by atoms with Crippen LogP contribution in [0.2, 0.25) is 0 Å². The lowest BCUT2D eigenvalue weighted by molar-refractivity contribution is -0.139. The van der Waals surface area contributed by atoms with E-state index in [1.165, 1.54) is 6.07 Å². The fraction of sp³-hybridized carbons (Fsp3) is 0.417. The predicted octanol–water partition coefficient (Wildman–Crippen LogP) is 2.68. The molecule has 1 rings (SSSR count). The lowest BCUT2D eigenvalue weighted by Gasteiger charge is -2.13. The second-order valence-corrected chi connectivity index (χ2v) is 5.74. The second-order valence-electron chi connectivity index (χ2n) is 4.01. The van der Waals surface area contributed by atoms with Gasteiger partial charge in [0.1, 0.15) is 0 Å². The van der Waals surface area contributed by atoms with Gasteiger partial charge >= 0.3 is 6.18 Å². The minimum Gasteiger partial charge on any atom is -0.211 e. The van der Waals surface area contributed by atoms with Crippen molar-refractivity contribution in [1.82, 2.24) is 4.72 Å². The van der Waals surface area contributed by atoms with E-state index in [-0.39, 0.29) is 13.0 Å². The number of nitrogens with zero attached hydrogens (tertiary/aromatic N) is 1. The molecule has 0 aromatic heterocycles. The lowest BCUT2D eigenvalue weighted by atomic mass is 10.2. The number of sulfonamides is 1. The highest BCUT2D eigenvalue weighted by Crippen LogP contribution is 2.33. The van der Waals surface area contributed by atoms with Crippen LogP contribution in [0.4, 0.5) is 13.2 Å². The fourth-order valence-electron chi connectivity index (χ4n) is 1.55. The van der Waals surface area contributed by atoms with Crippen LogP contribution in [0.3, 0.4) is 0 Å². The predicted molar refractivity (Wildman–Crippen MR) is 66.1 cm³/mol. The summed E-state index contributed by atoms with van der Waals surface area (Å²) in [4.78, 5) is -0.784. The Bertz CT molecular complexity index is 591. The number of nitriles is 1. The third-order valence-electron chi connectivity index (χ3n) is 2.49. The standard InChI is InChI=1S/C12H13F3N2O2S/c13-12(14,15)10-6-2-3-7-11(10)20(18,19)17-9-5-1-4-8-16/h2-3,6-7,17H,1,4-5,9H2. The Labute approximate surface area is 115 Å².